The van der Waals surface area contributed by atoms with Crippen LogP contribution >= 0.6 is 0 Å². The van der Waals surface area contributed by atoms with Crippen LogP contribution in [0.3, 0.4) is 0 Å². The van der Waals surface area contributed by atoms with Crippen LogP contribution in [0.1, 0.15) is 16.7 Å². The first-order valence-corrected chi connectivity index (χ1v) is 11.1. The van der Waals surface area contributed by atoms with Crippen molar-refractivity contribution in [2.45, 2.75) is 50.5 Å². The molecule has 0 aromatic heterocycles. The van der Waals surface area contributed by atoms with Crippen LogP contribution in [0.2, 0.25) is 0 Å². The quantitative estimate of drug-likeness (QED) is 0.493. The van der Waals surface area contributed by atoms with Gasteiger partial charge in [0.2, 0.25) is 0 Å². The predicted octanol–water partition coefficient (Wildman–Crippen LogP) is 3.45. The zero-order valence-electron chi connectivity index (χ0n) is 18.4. The van der Waals surface area contributed by atoms with E-state index in [1.165, 1.54) is 0 Å². The van der Waals surface area contributed by atoms with Crippen LogP contribution in [0.25, 0.3) is 0 Å². The maximum Gasteiger partial charge on any atom is 0.184 e. The molecule has 0 spiro atoms. The standard InChI is InChI=1S/C27H30O6/c28-24-26(32-18-22-14-8-3-9-15-22)25(31-17-21-12-6-2-7-13-21)23(33-27(24)29)19-30-16-20-10-4-1-5-11-20/h1-15,23-29H,16-19H2/t23?,24?,25-,26+,27?/m0/s1. The molecule has 0 saturated carbocycles. The van der Waals surface area contributed by atoms with Gasteiger partial charge in [0.15, 0.2) is 6.29 Å². The summed E-state index contributed by atoms with van der Waals surface area (Å²) in [6, 6.07) is 29.3. The van der Waals surface area contributed by atoms with Crippen LogP contribution in [-0.2, 0) is 38.8 Å². The normalized spacial score (nSPS) is 25.1. The lowest BCUT2D eigenvalue weighted by Gasteiger charge is -2.42. The minimum Gasteiger partial charge on any atom is -0.385 e. The summed E-state index contributed by atoms with van der Waals surface area (Å²) in [4.78, 5) is 0. The van der Waals surface area contributed by atoms with Gasteiger partial charge in [0.25, 0.3) is 0 Å². The molecule has 5 atom stereocenters. The van der Waals surface area contributed by atoms with Crippen molar-refractivity contribution in [3.63, 3.8) is 0 Å². The third-order valence-corrected chi connectivity index (χ3v) is 5.60. The number of aliphatic hydroxyl groups excluding tert-OH is 2. The average Bonchev–Trinajstić information content (AvgIpc) is 2.86. The topological polar surface area (TPSA) is 77.4 Å². The van der Waals surface area contributed by atoms with Gasteiger partial charge in [-0.3, -0.25) is 0 Å². The third kappa shape index (κ3) is 6.71. The number of ether oxygens (including phenoxy) is 4. The number of benzene rings is 3. The van der Waals surface area contributed by atoms with E-state index in [0.717, 1.165) is 16.7 Å². The first kappa shape index (κ1) is 23.6. The van der Waals surface area contributed by atoms with Crippen molar-refractivity contribution >= 4 is 0 Å². The van der Waals surface area contributed by atoms with Gasteiger partial charge in [-0.2, -0.15) is 0 Å². The molecule has 0 amide bonds. The Kier molecular flexibility index (Phi) is 8.60. The first-order valence-electron chi connectivity index (χ1n) is 11.1. The second-order valence-corrected chi connectivity index (χ2v) is 8.08. The van der Waals surface area contributed by atoms with E-state index in [4.69, 9.17) is 18.9 Å². The van der Waals surface area contributed by atoms with Crippen LogP contribution in [-0.4, -0.2) is 47.5 Å². The van der Waals surface area contributed by atoms with E-state index in [-0.39, 0.29) is 13.2 Å². The van der Waals surface area contributed by atoms with Crippen molar-refractivity contribution in [1.29, 1.82) is 0 Å². The summed E-state index contributed by atoms with van der Waals surface area (Å²) in [5, 5.41) is 21.1. The van der Waals surface area contributed by atoms with E-state index < -0.39 is 30.7 Å². The predicted molar refractivity (Wildman–Crippen MR) is 123 cm³/mol. The van der Waals surface area contributed by atoms with E-state index in [0.29, 0.717) is 13.2 Å². The lowest BCUT2D eigenvalue weighted by molar-refractivity contribution is -0.307. The fourth-order valence-electron chi connectivity index (χ4n) is 3.84. The number of hydrogen-bond donors (Lipinski definition) is 2. The van der Waals surface area contributed by atoms with E-state index in [1.54, 1.807) is 0 Å². The summed E-state index contributed by atoms with van der Waals surface area (Å²) in [5.41, 5.74) is 2.99. The fourth-order valence-corrected chi connectivity index (χ4v) is 3.84. The van der Waals surface area contributed by atoms with Gasteiger partial charge in [-0.25, -0.2) is 0 Å². The van der Waals surface area contributed by atoms with Crippen molar-refractivity contribution < 1.29 is 29.2 Å². The lowest BCUT2D eigenvalue weighted by atomic mass is 9.98. The number of aliphatic hydroxyl groups is 2. The van der Waals surface area contributed by atoms with Gasteiger partial charge in [0, 0.05) is 0 Å². The highest BCUT2D eigenvalue weighted by atomic mass is 16.7. The van der Waals surface area contributed by atoms with Crippen LogP contribution < -0.4 is 0 Å². The largest absolute Gasteiger partial charge is 0.385 e. The molecule has 1 saturated heterocycles. The molecule has 0 bridgehead atoms. The first-order chi connectivity index (χ1) is 16.2. The maximum atomic E-state index is 10.7. The molecule has 3 unspecified atom stereocenters. The Labute approximate surface area is 194 Å². The summed E-state index contributed by atoms with van der Waals surface area (Å²) in [5.74, 6) is 0. The Morgan fingerprint density at radius 1 is 0.606 bits per heavy atom. The molecule has 1 aliphatic heterocycles. The molecule has 2 N–H and O–H groups in total. The molecule has 6 nitrogen and oxygen atoms in total. The molecule has 3 aromatic rings. The molecule has 33 heavy (non-hydrogen) atoms. The summed E-state index contributed by atoms with van der Waals surface area (Å²) >= 11 is 0. The van der Waals surface area contributed by atoms with Crippen LogP contribution in [0.5, 0.6) is 0 Å². The molecule has 0 radical (unpaired) electrons. The van der Waals surface area contributed by atoms with Crippen molar-refractivity contribution in [3.8, 4) is 0 Å². The van der Waals surface area contributed by atoms with Gasteiger partial charge >= 0.3 is 0 Å². The summed E-state index contributed by atoms with van der Waals surface area (Å²) in [6.07, 6.45) is -4.68. The van der Waals surface area contributed by atoms with Gasteiger partial charge in [0.05, 0.1) is 26.4 Å². The molecule has 3 aromatic carbocycles. The van der Waals surface area contributed by atoms with E-state index in [9.17, 15) is 10.2 Å². The zero-order chi connectivity index (χ0) is 22.9. The fraction of sp³-hybridized carbons (Fsp3) is 0.333. The van der Waals surface area contributed by atoms with Gasteiger partial charge in [0.1, 0.15) is 24.4 Å². The average molecular weight is 451 g/mol. The van der Waals surface area contributed by atoms with E-state index in [1.807, 2.05) is 91.0 Å². The molecule has 1 aliphatic rings. The minimum atomic E-state index is -1.40. The molecule has 6 heteroatoms. The van der Waals surface area contributed by atoms with Crippen LogP contribution in [0.4, 0.5) is 0 Å². The number of hydrogen-bond acceptors (Lipinski definition) is 6. The van der Waals surface area contributed by atoms with Gasteiger partial charge < -0.3 is 29.2 Å². The van der Waals surface area contributed by atoms with E-state index >= 15 is 0 Å². The highest BCUT2D eigenvalue weighted by Gasteiger charge is 2.46. The summed E-state index contributed by atoms with van der Waals surface area (Å²) in [6.45, 7) is 1.18. The molecule has 4 rings (SSSR count). The van der Waals surface area contributed by atoms with Gasteiger partial charge in [-0.15, -0.1) is 0 Å². The molecule has 174 valence electrons. The molecular weight excluding hydrogens is 420 g/mol. The Morgan fingerprint density at radius 3 is 1.58 bits per heavy atom. The summed E-state index contributed by atoms with van der Waals surface area (Å²) < 4.78 is 23.9. The van der Waals surface area contributed by atoms with Crippen LogP contribution in [0, 0.1) is 0 Å². The lowest BCUT2D eigenvalue weighted by Crippen LogP contribution is -2.60. The molecule has 1 heterocycles. The van der Waals surface area contributed by atoms with Crippen molar-refractivity contribution in [2.24, 2.45) is 0 Å². The van der Waals surface area contributed by atoms with Gasteiger partial charge in [-0.1, -0.05) is 91.0 Å². The maximum absolute atomic E-state index is 10.7. The van der Waals surface area contributed by atoms with Crippen molar-refractivity contribution in [1.82, 2.24) is 0 Å². The molecular formula is C27H30O6. The highest BCUT2D eigenvalue weighted by Crippen LogP contribution is 2.27. The Balaban J connectivity index is 1.46. The molecule has 1 fully saturated rings. The summed E-state index contributed by atoms with van der Waals surface area (Å²) in [7, 11) is 0. The smallest absolute Gasteiger partial charge is 0.184 e. The Bertz CT molecular complexity index is 937. The second kappa shape index (κ2) is 12.0. The third-order valence-electron chi connectivity index (χ3n) is 5.60. The number of rotatable bonds is 10. The molecule has 0 aliphatic carbocycles. The highest BCUT2D eigenvalue weighted by molar-refractivity contribution is 5.15. The zero-order valence-corrected chi connectivity index (χ0v) is 18.4. The van der Waals surface area contributed by atoms with E-state index in [2.05, 4.69) is 0 Å². The van der Waals surface area contributed by atoms with Crippen molar-refractivity contribution in [3.05, 3.63) is 108 Å². The SMILES string of the molecule is OC1OC(COCc2ccccc2)[C@H](OCc2ccccc2)[C@H](OCc2ccccc2)C1O. The Hall–Kier alpha value is -2.58. The van der Waals surface area contributed by atoms with Crippen LogP contribution in [0.15, 0.2) is 91.0 Å². The van der Waals surface area contributed by atoms with Gasteiger partial charge in [-0.05, 0) is 16.7 Å². The monoisotopic (exact) mass is 450 g/mol. The van der Waals surface area contributed by atoms with Crippen molar-refractivity contribution in [2.75, 3.05) is 6.61 Å². The minimum absolute atomic E-state index is 0.184. The second-order valence-electron chi connectivity index (χ2n) is 8.08. The Morgan fingerprint density at radius 2 is 1.06 bits per heavy atom.